The lowest BCUT2D eigenvalue weighted by Gasteiger charge is -2.26. The SMILES string of the molecule is CCCC(N)C(=O)NNC(=O)N(C(=O)C(C)Cc1ccc(Cl)cc1)C(=O)C(C)Cc1cccc(OC)c1. The van der Waals surface area contributed by atoms with Gasteiger partial charge in [-0.3, -0.25) is 19.8 Å². The number of halogens is 1. The molecule has 2 aromatic rings. The van der Waals surface area contributed by atoms with Gasteiger partial charge in [0, 0.05) is 16.9 Å². The molecule has 9 nitrogen and oxygen atoms in total. The predicted molar refractivity (Wildman–Crippen MR) is 142 cm³/mol. The first-order chi connectivity index (χ1) is 17.6. The molecule has 0 aliphatic rings. The summed E-state index contributed by atoms with van der Waals surface area (Å²) < 4.78 is 5.23. The Morgan fingerprint density at radius 1 is 0.946 bits per heavy atom. The molecule has 0 radical (unpaired) electrons. The van der Waals surface area contributed by atoms with Crippen molar-refractivity contribution in [2.75, 3.05) is 7.11 Å². The Bertz CT molecular complexity index is 1090. The van der Waals surface area contributed by atoms with Crippen LogP contribution in [0.2, 0.25) is 5.02 Å². The molecule has 3 atom stereocenters. The largest absolute Gasteiger partial charge is 0.497 e. The molecule has 200 valence electrons. The summed E-state index contributed by atoms with van der Waals surface area (Å²) in [5.41, 5.74) is 11.8. The van der Waals surface area contributed by atoms with Crippen LogP contribution in [0.3, 0.4) is 0 Å². The molecule has 0 saturated carbocycles. The van der Waals surface area contributed by atoms with Crippen molar-refractivity contribution in [1.29, 1.82) is 0 Å². The topological polar surface area (TPSA) is 131 Å². The number of urea groups is 1. The van der Waals surface area contributed by atoms with E-state index in [2.05, 4.69) is 10.9 Å². The van der Waals surface area contributed by atoms with Crippen molar-refractivity contribution in [2.45, 2.75) is 52.5 Å². The minimum absolute atomic E-state index is 0.270. The van der Waals surface area contributed by atoms with Gasteiger partial charge in [0.1, 0.15) is 5.75 Å². The van der Waals surface area contributed by atoms with Crippen LogP contribution in [0.25, 0.3) is 0 Å². The molecule has 4 N–H and O–H groups in total. The van der Waals surface area contributed by atoms with Crippen LogP contribution in [0.15, 0.2) is 48.5 Å². The highest BCUT2D eigenvalue weighted by atomic mass is 35.5. The first-order valence-electron chi connectivity index (χ1n) is 12.2. The van der Waals surface area contributed by atoms with E-state index in [-0.39, 0.29) is 12.8 Å². The lowest BCUT2D eigenvalue weighted by Crippen LogP contribution is -2.57. The van der Waals surface area contributed by atoms with Crippen molar-refractivity contribution < 1.29 is 23.9 Å². The number of methoxy groups -OCH3 is 1. The van der Waals surface area contributed by atoms with Crippen LogP contribution in [-0.2, 0) is 27.2 Å². The maximum absolute atomic E-state index is 13.4. The molecule has 3 unspecified atom stereocenters. The zero-order valence-corrected chi connectivity index (χ0v) is 22.4. The third-order valence-corrected chi connectivity index (χ3v) is 6.10. The third kappa shape index (κ3) is 8.87. The Kier molecular flexibility index (Phi) is 11.6. The number of hydrazine groups is 1. The number of carbonyl (C=O) groups excluding carboxylic acids is 4. The summed E-state index contributed by atoms with van der Waals surface area (Å²) in [5.74, 6) is -2.80. The predicted octanol–water partition coefficient (Wildman–Crippen LogP) is 3.63. The normalized spacial score (nSPS) is 13.1. The molecule has 10 heteroatoms. The monoisotopic (exact) mass is 530 g/mol. The van der Waals surface area contributed by atoms with Crippen LogP contribution in [-0.4, -0.2) is 41.8 Å². The number of benzene rings is 2. The molecule has 0 heterocycles. The Hall–Kier alpha value is -3.43. The van der Waals surface area contributed by atoms with Crippen molar-refractivity contribution in [2.24, 2.45) is 17.6 Å². The summed E-state index contributed by atoms with van der Waals surface area (Å²) >= 11 is 5.94. The number of ether oxygens (including phenoxy) is 1. The highest BCUT2D eigenvalue weighted by molar-refractivity contribution is 6.30. The number of hydrogen-bond donors (Lipinski definition) is 3. The summed E-state index contributed by atoms with van der Waals surface area (Å²) in [4.78, 5) is 52.6. The quantitative estimate of drug-likeness (QED) is 0.402. The zero-order chi connectivity index (χ0) is 27.5. The average Bonchev–Trinajstić information content (AvgIpc) is 2.88. The number of hydrogen-bond acceptors (Lipinski definition) is 6. The van der Waals surface area contributed by atoms with E-state index in [1.165, 1.54) is 0 Å². The van der Waals surface area contributed by atoms with Crippen molar-refractivity contribution in [3.63, 3.8) is 0 Å². The first kappa shape index (κ1) is 29.8. The number of nitrogens with zero attached hydrogens (tertiary/aromatic N) is 1. The van der Waals surface area contributed by atoms with Gasteiger partial charge in [-0.25, -0.2) is 10.2 Å². The minimum Gasteiger partial charge on any atom is -0.497 e. The van der Waals surface area contributed by atoms with Gasteiger partial charge in [-0.05, 0) is 54.7 Å². The van der Waals surface area contributed by atoms with Crippen LogP contribution < -0.4 is 21.3 Å². The molecule has 37 heavy (non-hydrogen) atoms. The van der Waals surface area contributed by atoms with E-state index in [0.717, 1.165) is 11.1 Å². The van der Waals surface area contributed by atoms with Gasteiger partial charge in [0.2, 0.25) is 11.8 Å². The number of amides is 5. The maximum atomic E-state index is 13.4. The van der Waals surface area contributed by atoms with Crippen LogP contribution in [0.4, 0.5) is 4.79 Å². The summed E-state index contributed by atoms with van der Waals surface area (Å²) in [6.45, 7) is 5.14. The van der Waals surface area contributed by atoms with Crippen molar-refractivity contribution in [1.82, 2.24) is 15.8 Å². The van der Waals surface area contributed by atoms with E-state index in [4.69, 9.17) is 22.1 Å². The smallest absolute Gasteiger partial charge is 0.349 e. The number of nitrogens with one attached hydrogen (secondary N) is 2. The second-order valence-corrected chi connectivity index (χ2v) is 9.45. The summed E-state index contributed by atoms with van der Waals surface area (Å²) in [6, 6.07) is 12.3. The second kappa shape index (κ2) is 14.3. The number of carbonyl (C=O) groups is 4. The lowest BCUT2D eigenvalue weighted by atomic mass is 9.97. The molecule has 0 spiro atoms. The number of imide groups is 3. The molecule has 0 saturated heterocycles. The van der Waals surface area contributed by atoms with Crippen molar-refractivity contribution in [3.8, 4) is 5.75 Å². The molecule has 0 aliphatic heterocycles. The fourth-order valence-electron chi connectivity index (χ4n) is 3.76. The van der Waals surface area contributed by atoms with E-state index in [1.54, 1.807) is 63.4 Å². The van der Waals surface area contributed by atoms with Gasteiger partial charge < -0.3 is 10.5 Å². The molecule has 0 aliphatic carbocycles. The van der Waals surface area contributed by atoms with Gasteiger partial charge in [0.25, 0.3) is 5.91 Å². The molecule has 0 fully saturated rings. The van der Waals surface area contributed by atoms with E-state index in [1.807, 2.05) is 13.0 Å². The van der Waals surface area contributed by atoms with Gasteiger partial charge in [-0.1, -0.05) is 63.1 Å². The van der Waals surface area contributed by atoms with Crippen molar-refractivity contribution >= 4 is 35.4 Å². The van der Waals surface area contributed by atoms with Gasteiger partial charge >= 0.3 is 6.03 Å². The Labute approximate surface area is 222 Å². The molecule has 5 amide bonds. The maximum Gasteiger partial charge on any atom is 0.349 e. The van der Waals surface area contributed by atoms with E-state index in [0.29, 0.717) is 28.5 Å². The van der Waals surface area contributed by atoms with Crippen LogP contribution in [0, 0.1) is 11.8 Å². The number of rotatable bonds is 10. The first-order valence-corrected chi connectivity index (χ1v) is 12.6. The summed E-state index contributed by atoms with van der Waals surface area (Å²) in [5, 5.41) is 0.558. The van der Waals surface area contributed by atoms with E-state index in [9.17, 15) is 19.2 Å². The van der Waals surface area contributed by atoms with E-state index < -0.39 is 41.6 Å². The Morgan fingerprint density at radius 2 is 1.54 bits per heavy atom. The van der Waals surface area contributed by atoms with Gasteiger partial charge in [0.15, 0.2) is 0 Å². The average molecular weight is 531 g/mol. The van der Waals surface area contributed by atoms with Gasteiger partial charge in [0.05, 0.1) is 13.2 Å². The zero-order valence-electron chi connectivity index (χ0n) is 21.6. The fraction of sp³-hybridized carbons (Fsp3) is 0.407. The second-order valence-electron chi connectivity index (χ2n) is 9.01. The van der Waals surface area contributed by atoms with Crippen LogP contribution in [0.5, 0.6) is 5.75 Å². The van der Waals surface area contributed by atoms with Gasteiger partial charge in [-0.2, -0.15) is 4.90 Å². The summed E-state index contributed by atoms with van der Waals surface area (Å²) in [7, 11) is 1.54. The third-order valence-electron chi connectivity index (χ3n) is 5.85. The van der Waals surface area contributed by atoms with Crippen LogP contribution in [0.1, 0.15) is 44.7 Å². The highest BCUT2D eigenvalue weighted by Gasteiger charge is 2.35. The van der Waals surface area contributed by atoms with E-state index >= 15 is 0 Å². The standard InChI is InChI=1S/C27H35ClN4O5/c1-5-7-23(29)24(33)30-31-27(36)32(25(34)17(2)14-19-10-12-21(28)13-11-19)26(35)18(3)15-20-8-6-9-22(16-20)37-4/h6,8-13,16-18,23H,5,7,14-15,29H2,1-4H3,(H,30,33)(H,31,36). The molecule has 2 aromatic carbocycles. The number of nitrogens with two attached hydrogens (primary N) is 1. The Morgan fingerprint density at radius 3 is 2.11 bits per heavy atom. The highest BCUT2D eigenvalue weighted by Crippen LogP contribution is 2.20. The molecule has 0 bridgehead atoms. The van der Waals surface area contributed by atoms with Crippen molar-refractivity contribution in [3.05, 3.63) is 64.7 Å². The lowest BCUT2D eigenvalue weighted by molar-refractivity contribution is -0.145. The molecular formula is C27H35ClN4O5. The summed E-state index contributed by atoms with van der Waals surface area (Å²) in [6.07, 6.45) is 1.64. The molecule has 2 rings (SSSR count). The van der Waals surface area contributed by atoms with Gasteiger partial charge in [-0.15, -0.1) is 0 Å². The molecular weight excluding hydrogens is 496 g/mol. The van der Waals surface area contributed by atoms with Crippen LogP contribution >= 0.6 is 11.6 Å². The molecule has 0 aromatic heterocycles. The Balaban J connectivity index is 2.23. The minimum atomic E-state index is -1.05. The fourth-order valence-corrected chi connectivity index (χ4v) is 3.88.